The predicted octanol–water partition coefficient (Wildman–Crippen LogP) is 4.08. The maximum atomic E-state index is 13.4. The molecule has 0 radical (unpaired) electrons. The van der Waals surface area contributed by atoms with Gasteiger partial charge < -0.3 is 9.47 Å². The predicted molar refractivity (Wildman–Crippen MR) is 69.3 cm³/mol. The average molecular weight is 285 g/mol. The van der Waals surface area contributed by atoms with Crippen LogP contribution < -0.4 is 0 Å². The van der Waals surface area contributed by atoms with E-state index >= 15 is 0 Å². The number of halogens is 2. The Morgan fingerprint density at radius 2 is 2.11 bits per heavy atom. The molecule has 1 aromatic heterocycles. The third-order valence-electron chi connectivity index (χ3n) is 2.64. The van der Waals surface area contributed by atoms with Crippen molar-refractivity contribution in [2.75, 3.05) is 6.61 Å². The van der Waals surface area contributed by atoms with Crippen LogP contribution in [0.4, 0.5) is 4.39 Å². The zero-order valence-electron chi connectivity index (χ0n) is 9.36. The van der Waals surface area contributed by atoms with Gasteiger partial charge in [0.1, 0.15) is 6.61 Å². The van der Waals surface area contributed by atoms with Crippen molar-refractivity contribution in [2.24, 2.45) is 0 Å². The standard InChI is InChI=1S/C13H10ClFO2S/c14-9-3-1-8(2-4-9)10-5-12(15)18-11(10)6-16-13-7-17-13/h1-5,13H,6-7H2. The van der Waals surface area contributed by atoms with E-state index in [1.165, 1.54) is 6.07 Å². The van der Waals surface area contributed by atoms with Crippen molar-refractivity contribution in [3.8, 4) is 11.1 Å². The van der Waals surface area contributed by atoms with Crippen LogP contribution in [0.15, 0.2) is 30.3 Å². The summed E-state index contributed by atoms with van der Waals surface area (Å²) in [7, 11) is 0. The van der Waals surface area contributed by atoms with Gasteiger partial charge in [-0.15, -0.1) is 11.3 Å². The van der Waals surface area contributed by atoms with Gasteiger partial charge in [0.05, 0.1) is 6.61 Å². The van der Waals surface area contributed by atoms with Crippen molar-refractivity contribution in [1.82, 2.24) is 0 Å². The van der Waals surface area contributed by atoms with Gasteiger partial charge in [-0.3, -0.25) is 0 Å². The molecule has 1 aromatic carbocycles. The van der Waals surface area contributed by atoms with E-state index in [-0.39, 0.29) is 11.4 Å². The topological polar surface area (TPSA) is 21.8 Å². The molecule has 2 aromatic rings. The van der Waals surface area contributed by atoms with Gasteiger partial charge in [-0.25, -0.2) is 0 Å². The summed E-state index contributed by atoms with van der Waals surface area (Å²) in [5.74, 6) is 0. The molecule has 1 atom stereocenters. The van der Waals surface area contributed by atoms with Crippen LogP contribution in [-0.4, -0.2) is 12.9 Å². The van der Waals surface area contributed by atoms with Gasteiger partial charge >= 0.3 is 0 Å². The van der Waals surface area contributed by atoms with Crippen LogP contribution in [0, 0.1) is 5.13 Å². The van der Waals surface area contributed by atoms with Crippen LogP contribution >= 0.6 is 22.9 Å². The molecule has 0 amide bonds. The van der Waals surface area contributed by atoms with Crippen LogP contribution in [0.5, 0.6) is 0 Å². The first kappa shape index (κ1) is 12.1. The average Bonchev–Trinajstić information content (AvgIpc) is 3.11. The third-order valence-corrected chi connectivity index (χ3v) is 3.79. The molecule has 1 aliphatic rings. The van der Waals surface area contributed by atoms with Crippen LogP contribution in [0.25, 0.3) is 11.1 Å². The Hall–Kier alpha value is -0.940. The molecule has 5 heteroatoms. The third kappa shape index (κ3) is 2.72. The Balaban J connectivity index is 1.86. The summed E-state index contributed by atoms with van der Waals surface area (Å²) in [4.78, 5) is 0.866. The van der Waals surface area contributed by atoms with E-state index in [1.807, 2.05) is 12.1 Å². The molecule has 3 rings (SSSR count). The summed E-state index contributed by atoms with van der Waals surface area (Å²) < 4.78 is 23.8. The molecule has 0 aliphatic carbocycles. The zero-order chi connectivity index (χ0) is 12.5. The summed E-state index contributed by atoms with van der Waals surface area (Å²) in [6.07, 6.45) is -0.117. The number of ether oxygens (including phenoxy) is 2. The second-order valence-electron chi connectivity index (χ2n) is 3.97. The molecule has 1 aliphatic heterocycles. The molecule has 0 N–H and O–H groups in total. The fourth-order valence-electron chi connectivity index (χ4n) is 1.68. The first-order valence-electron chi connectivity index (χ1n) is 5.50. The molecular formula is C13H10ClFO2S. The van der Waals surface area contributed by atoms with E-state index in [4.69, 9.17) is 21.1 Å². The molecule has 0 bridgehead atoms. The van der Waals surface area contributed by atoms with E-state index < -0.39 is 0 Å². The summed E-state index contributed by atoms with van der Waals surface area (Å²) in [6, 6.07) is 8.87. The molecule has 2 nitrogen and oxygen atoms in total. The van der Waals surface area contributed by atoms with Crippen molar-refractivity contribution in [3.63, 3.8) is 0 Å². The zero-order valence-corrected chi connectivity index (χ0v) is 10.9. The number of thiophene rings is 1. The highest BCUT2D eigenvalue weighted by atomic mass is 35.5. The molecule has 0 saturated carbocycles. The van der Waals surface area contributed by atoms with Crippen LogP contribution in [-0.2, 0) is 16.1 Å². The Morgan fingerprint density at radius 1 is 1.39 bits per heavy atom. The van der Waals surface area contributed by atoms with E-state index in [0.717, 1.165) is 27.3 Å². The quantitative estimate of drug-likeness (QED) is 0.789. The van der Waals surface area contributed by atoms with Gasteiger partial charge in [0, 0.05) is 15.5 Å². The highest BCUT2D eigenvalue weighted by Crippen LogP contribution is 2.32. The molecule has 2 heterocycles. The number of rotatable bonds is 4. The highest BCUT2D eigenvalue weighted by molar-refractivity contribution is 7.10. The molecule has 1 unspecified atom stereocenters. The van der Waals surface area contributed by atoms with Gasteiger partial charge in [0.15, 0.2) is 11.4 Å². The minimum absolute atomic E-state index is 0.117. The van der Waals surface area contributed by atoms with E-state index in [2.05, 4.69) is 0 Å². The maximum absolute atomic E-state index is 13.4. The fourth-order valence-corrected chi connectivity index (χ4v) is 2.63. The molecule has 0 spiro atoms. The minimum atomic E-state index is -0.213. The lowest BCUT2D eigenvalue weighted by Crippen LogP contribution is -1.95. The molecule has 18 heavy (non-hydrogen) atoms. The van der Waals surface area contributed by atoms with Gasteiger partial charge in [0.2, 0.25) is 0 Å². The van der Waals surface area contributed by atoms with Gasteiger partial charge in [-0.05, 0) is 23.8 Å². The lowest BCUT2D eigenvalue weighted by molar-refractivity contribution is 0.0402. The largest absolute Gasteiger partial charge is 0.345 e. The summed E-state index contributed by atoms with van der Waals surface area (Å²) in [5, 5.41) is 0.453. The first-order valence-corrected chi connectivity index (χ1v) is 6.69. The molecule has 1 saturated heterocycles. The number of hydrogen-bond donors (Lipinski definition) is 0. The summed E-state index contributed by atoms with van der Waals surface area (Å²) in [6.45, 7) is 1.00. The highest BCUT2D eigenvalue weighted by Gasteiger charge is 2.24. The first-order chi connectivity index (χ1) is 8.72. The van der Waals surface area contributed by atoms with Crippen molar-refractivity contribution in [1.29, 1.82) is 0 Å². The van der Waals surface area contributed by atoms with Crippen molar-refractivity contribution < 1.29 is 13.9 Å². The monoisotopic (exact) mass is 284 g/mol. The maximum Gasteiger partial charge on any atom is 0.181 e. The van der Waals surface area contributed by atoms with Crippen molar-refractivity contribution in [2.45, 2.75) is 12.9 Å². The summed E-state index contributed by atoms with van der Waals surface area (Å²) in [5.41, 5.74) is 1.80. The Bertz CT molecular complexity index is 549. The minimum Gasteiger partial charge on any atom is -0.345 e. The number of benzene rings is 1. The van der Waals surface area contributed by atoms with E-state index in [1.54, 1.807) is 12.1 Å². The molecule has 94 valence electrons. The molecule has 1 fully saturated rings. The fraction of sp³-hybridized carbons (Fsp3) is 0.231. The second-order valence-corrected chi connectivity index (χ2v) is 5.49. The second kappa shape index (κ2) is 4.97. The lowest BCUT2D eigenvalue weighted by atomic mass is 10.1. The number of hydrogen-bond acceptors (Lipinski definition) is 3. The van der Waals surface area contributed by atoms with Crippen LogP contribution in [0.2, 0.25) is 5.02 Å². The van der Waals surface area contributed by atoms with Gasteiger partial charge in [0.25, 0.3) is 0 Å². The molecular weight excluding hydrogens is 275 g/mol. The van der Waals surface area contributed by atoms with Crippen LogP contribution in [0.1, 0.15) is 4.88 Å². The van der Waals surface area contributed by atoms with Gasteiger partial charge in [-0.1, -0.05) is 23.7 Å². The van der Waals surface area contributed by atoms with Crippen molar-refractivity contribution >= 4 is 22.9 Å². The smallest absolute Gasteiger partial charge is 0.181 e. The summed E-state index contributed by atoms with van der Waals surface area (Å²) >= 11 is 6.95. The number of epoxide rings is 1. The Labute approximate surface area is 113 Å². The Morgan fingerprint density at radius 3 is 2.78 bits per heavy atom. The van der Waals surface area contributed by atoms with Gasteiger partial charge in [-0.2, -0.15) is 4.39 Å². The normalized spacial score (nSPS) is 18.0. The van der Waals surface area contributed by atoms with Crippen LogP contribution in [0.3, 0.4) is 0 Å². The Kier molecular flexibility index (Phi) is 3.35. The van der Waals surface area contributed by atoms with Crippen molar-refractivity contribution in [3.05, 3.63) is 45.4 Å². The lowest BCUT2D eigenvalue weighted by Gasteiger charge is -2.04. The van der Waals surface area contributed by atoms with E-state index in [0.29, 0.717) is 18.2 Å². The SMILES string of the molecule is Fc1cc(-c2ccc(Cl)cc2)c(COC2CO2)s1. The van der Waals surface area contributed by atoms with E-state index in [9.17, 15) is 4.39 Å².